The topological polar surface area (TPSA) is 79.3 Å². The summed E-state index contributed by atoms with van der Waals surface area (Å²) in [5.41, 5.74) is 0.293. The summed E-state index contributed by atoms with van der Waals surface area (Å²) < 4.78 is 0. The maximum atomic E-state index is 11.7. The van der Waals surface area contributed by atoms with Crippen LogP contribution in [-0.4, -0.2) is 40.0 Å². The number of nitrogens with one attached hydrogen (secondary N) is 1. The van der Waals surface area contributed by atoms with E-state index in [-0.39, 0.29) is 17.6 Å². The minimum atomic E-state index is -1.10. The molecule has 0 aliphatic heterocycles. The minimum absolute atomic E-state index is 0.0663. The molecule has 2 N–H and O–H groups in total. The summed E-state index contributed by atoms with van der Waals surface area (Å²) in [7, 11) is 0. The molecule has 5 nitrogen and oxygen atoms in total. The number of rotatable bonds is 5. The molecule has 6 heteroatoms. The van der Waals surface area contributed by atoms with Crippen molar-refractivity contribution >= 4 is 23.6 Å². The number of amides is 1. The van der Waals surface area contributed by atoms with Gasteiger partial charge in [-0.15, -0.1) is 0 Å². The molecular formula is C11H14N2O3S. The summed E-state index contributed by atoms with van der Waals surface area (Å²) in [5.74, 6) is -0.518. The van der Waals surface area contributed by atoms with Crippen LogP contribution in [0.3, 0.4) is 0 Å². The Kier molecular flexibility index (Phi) is 4.96. The second kappa shape index (κ2) is 6.24. The molecule has 1 atom stereocenters. The Morgan fingerprint density at radius 2 is 2.24 bits per heavy atom. The maximum Gasteiger partial charge on any atom is 0.354 e. The van der Waals surface area contributed by atoms with E-state index in [0.717, 1.165) is 5.75 Å². The first-order chi connectivity index (χ1) is 8.04. The van der Waals surface area contributed by atoms with Crippen LogP contribution in [-0.2, 0) is 0 Å². The standard InChI is InChI=1S/C11H14N2O3S/c1-7(6-17-2)13-10(14)8-3-4-9(11(15)16)12-5-8/h3-5,7H,6H2,1-2H3,(H,13,14)(H,15,16). The van der Waals surface area contributed by atoms with Gasteiger partial charge < -0.3 is 10.4 Å². The molecular weight excluding hydrogens is 240 g/mol. The predicted molar refractivity (Wildman–Crippen MR) is 66.5 cm³/mol. The zero-order valence-electron chi connectivity index (χ0n) is 9.64. The Bertz CT molecular complexity index is 406. The first-order valence-electron chi connectivity index (χ1n) is 5.03. The van der Waals surface area contributed by atoms with Gasteiger partial charge in [-0.25, -0.2) is 9.78 Å². The number of thioether (sulfide) groups is 1. The zero-order chi connectivity index (χ0) is 12.8. The Morgan fingerprint density at radius 1 is 1.53 bits per heavy atom. The molecule has 0 spiro atoms. The van der Waals surface area contributed by atoms with Gasteiger partial charge in [-0.05, 0) is 25.3 Å². The van der Waals surface area contributed by atoms with E-state index >= 15 is 0 Å². The third kappa shape index (κ3) is 4.07. The molecule has 1 rings (SSSR count). The first kappa shape index (κ1) is 13.5. The summed E-state index contributed by atoms with van der Waals surface area (Å²) in [6.07, 6.45) is 3.23. The lowest BCUT2D eigenvalue weighted by molar-refractivity contribution is 0.0689. The third-order valence-electron chi connectivity index (χ3n) is 2.04. The third-order valence-corrected chi connectivity index (χ3v) is 2.87. The van der Waals surface area contributed by atoms with Crippen LogP contribution >= 0.6 is 11.8 Å². The highest BCUT2D eigenvalue weighted by Gasteiger charge is 2.11. The number of hydrogen-bond acceptors (Lipinski definition) is 4. The van der Waals surface area contributed by atoms with Gasteiger partial charge >= 0.3 is 5.97 Å². The van der Waals surface area contributed by atoms with Gasteiger partial charge in [0.15, 0.2) is 0 Å². The summed E-state index contributed by atoms with van der Waals surface area (Å²) in [6.45, 7) is 1.91. The number of carboxylic acids is 1. The van der Waals surface area contributed by atoms with E-state index in [1.807, 2.05) is 13.2 Å². The molecule has 92 valence electrons. The molecule has 1 heterocycles. The lowest BCUT2D eigenvalue weighted by Crippen LogP contribution is -2.34. The first-order valence-corrected chi connectivity index (χ1v) is 6.43. The fraction of sp³-hybridized carbons (Fsp3) is 0.364. The van der Waals surface area contributed by atoms with Crippen molar-refractivity contribution in [3.8, 4) is 0 Å². The van der Waals surface area contributed by atoms with Crippen molar-refractivity contribution in [1.82, 2.24) is 10.3 Å². The van der Waals surface area contributed by atoms with Crippen molar-refractivity contribution < 1.29 is 14.7 Å². The van der Waals surface area contributed by atoms with Gasteiger partial charge in [0.2, 0.25) is 0 Å². The molecule has 0 saturated heterocycles. The van der Waals surface area contributed by atoms with Crippen molar-refractivity contribution in [2.75, 3.05) is 12.0 Å². The lowest BCUT2D eigenvalue weighted by atomic mass is 10.2. The Morgan fingerprint density at radius 3 is 2.71 bits per heavy atom. The summed E-state index contributed by atoms with van der Waals surface area (Å²) in [4.78, 5) is 26.0. The molecule has 0 aliphatic carbocycles. The fourth-order valence-corrected chi connectivity index (χ4v) is 1.84. The van der Waals surface area contributed by atoms with Gasteiger partial charge in [-0.1, -0.05) is 0 Å². The van der Waals surface area contributed by atoms with Crippen LogP contribution in [0.1, 0.15) is 27.8 Å². The quantitative estimate of drug-likeness (QED) is 0.827. The van der Waals surface area contributed by atoms with E-state index in [1.165, 1.54) is 18.3 Å². The molecule has 0 aliphatic rings. The molecule has 0 bridgehead atoms. The number of nitrogens with zero attached hydrogens (tertiary/aromatic N) is 1. The average Bonchev–Trinajstić information content (AvgIpc) is 2.29. The van der Waals surface area contributed by atoms with Crippen LogP contribution in [0.2, 0.25) is 0 Å². The molecule has 0 aromatic carbocycles. The number of carbonyl (C=O) groups excluding carboxylic acids is 1. The number of pyridine rings is 1. The highest BCUT2D eigenvalue weighted by molar-refractivity contribution is 7.98. The normalized spacial score (nSPS) is 11.9. The van der Waals surface area contributed by atoms with Crippen molar-refractivity contribution in [2.24, 2.45) is 0 Å². The number of carbonyl (C=O) groups is 2. The maximum absolute atomic E-state index is 11.7. The van der Waals surface area contributed by atoms with Crippen molar-refractivity contribution in [3.63, 3.8) is 0 Å². The van der Waals surface area contributed by atoms with Gasteiger partial charge in [0.05, 0.1) is 5.56 Å². The lowest BCUT2D eigenvalue weighted by Gasteiger charge is -2.12. The number of aromatic carboxylic acids is 1. The smallest absolute Gasteiger partial charge is 0.354 e. The van der Waals surface area contributed by atoms with Crippen LogP contribution in [0.25, 0.3) is 0 Å². The number of hydrogen-bond donors (Lipinski definition) is 2. The van der Waals surface area contributed by atoms with E-state index in [4.69, 9.17) is 5.11 Å². The van der Waals surface area contributed by atoms with Gasteiger partial charge in [-0.2, -0.15) is 11.8 Å². The highest BCUT2D eigenvalue weighted by Crippen LogP contribution is 2.02. The Balaban J connectivity index is 2.66. The van der Waals surface area contributed by atoms with Gasteiger partial charge in [0.1, 0.15) is 5.69 Å². The Labute approximate surface area is 104 Å². The van der Waals surface area contributed by atoms with E-state index in [1.54, 1.807) is 11.8 Å². The molecule has 1 unspecified atom stereocenters. The highest BCUT2D eigenvalue weighted by atomic mass is 32.2. The van der Waals surface area contributed by atoms with E-state index in [9.17, 15) is 9.59 Å². The van der Waals surface area contributed by atoms with E-state index in [2.05, 4.69) is 10.3 Å². The van der Waals surface area contributed by atoms with E-state index < -0.39 is 5.97 Å². The largest absolute Gasteiger partial charge is 0.477 e. The molecule has 0 radical (unpaired) electrons. The molecule has 1 aromatic heterocycles. The fourth-order valence-electron chi connectivity index (χ4n) is 1.25. The molecule has 1 amide bonds. The molecule has 0 fully saturated rings. The van der Waals surface area contributed by atoms with E-state index in [0.29, 0.717) is 5.56 Å². The minimum Gasteiger partial charge on any atom is -0.477 e. The van der Waals surface area contributed by atoms with Crippen molar-refractivity contribution in [3.05, 3.63) is 29.6 Å². The average molecular weight is 254 g/mol. The van der Waals surface area contributed by atoms with Crippen LogP contribution in [0, 0.1) is 0 Å². The second-order valence-electron chi connectivity index (χ2n) is 3.57. The van der Waals surface area contributed by atoms with Crippen LogP contribution in [0.15, 0.2) is 18.3 Å². The van der Waals surface area contributed by atoms with Gasteiger partial charge in [0, 0.05) is 18.0 Å². The number of carboxylic acid groups (broad SMARTS) is 1. The Hall–Kier alpha value is -1.56. The summed E-state index contributed by atoms with van der Waals surface area (Å²) in [5, 5.41) is 11.5. The predicted octanol–water partition coefficient (Wildman–Crippen LogP) is 1.26. The van der Waals surface area contributed by atoms with Gasteiger partial charge in [0.25, 0.3) is 5.91 Å². The summed E-state index contributed by atoms with van der Waals surface area (Å²) >= 11 is 1.65. The molecule has 0 saturated carbocycles. The van der Waals surface area contributed by atoms with Crippen molar-refractivity contribution in [1.29, 1.82) is 0 Å². The van der Waals surface area contributed by atoms with Crippen LogP contribution < -0.4 is 5.32 Å². The molecule has 1 aromatic rings. The monoisotopic (exact) mass is 254 g/mol. The second-order valence-corrected chi connectivity index (χ2v) is 4.48. The van der Waals surface area contributed by atoms with Crippen LogP contribution in [0.5, 0.6) is 0 Å². The summed E-state index contributed by atoms with van der Waals surface area (Å²) in [6, 6.07) is 2.84. The zero-order valence-corrected chi connectivity index (χ0v) is 10.5. The van der Waals surface area contributed by atoms with Crippen LogP contribution in [0.4, 0.5) is 0 Å². The van der Waals surface area contributed by atoms with Gasteiger partial charge in [-0.3, -0.25) is 4.79 Å². The SMILES string of the molecule is CSCC(C)NC(=O)c1ccc(C(=O)O)nc1. The number of aromatic nitrogens is 1. The van der Waals surface area contributed by atoms with Crippen molar-refractivity contribution in [2.45, 2.75) is 13.0 Å². The molecule has 17 heavy (non-hydrogen) atoms.